The Bertz CT molecular complexity index is 141. The third kappa shape index (κ3) is 3.57. The van der Waals surface area contributed by atoms with Crippen LogP contribution in [0.15, 0.2) is 12.2 Å². The minimum absolute atomic E-state index is 0.00630. The molecule has 0 fully saturated rings. The summed E-state index contributed by atoms with van der Waals surface area (Å²) in [7, 11) is 0. The van der Waals surface area contributed by atoms with Crippen molar-refractivity contribution in [2.45, 2.75) is 51.7 Å². The lowest BCUT2D eigenvalue weighted by atomic mass is 10.0. The maximum Gasteiger partial charge on any atom is 0.0763 e. The largest absolute Gasteiger partial charge is 0.369 e. The maximum atomic E-state index is 5.79. The Hall–Kier alpha value is -0.300. The van der Waals surface area contributed by atoms with Gasteiger partial charge in [0.25, 0.3) is 0 Å². The molecule has 0 saturated heterocycles. The summed E-state index contributed by atoms with van der Waals surface area (Å²) < 4.78 is 5.79. The van der Waals surface area contributed by atoms with E-state index in [0.717, 1.165) is 0 Å². The van der Waals surface area contributed by atoms with E-state index in [9.17, 15) is 0 Å². The summed E-state index contributed by atoms with van der Waals surface area (Å²) in [5, 5.41) is 0. The van der Waals surface area contributed by atoms with Crippen molar-refractivity contribution in [1.29, 1.82) is 0 Å². The Morgan fingerprint density at radius 2 is 2.09 bits per heavy atom. The Morgan fingerprint density at radius 1 is 1.36 bits per heavy atom. The second-order valence-electron chi connectivity index (χ2n) is 4.13. The second kappa shape index (κ2) is 3.40. The zero-order valence-electron chi connectivity index (χ0n) is 7.76. The summed E-state index contributed by atoms with van der Waals surface area (Å²) in [5.41, 5.74) is 0.00630. The molecule has 0 N–H and O–H groups in total. The SMILES string of the molecule is CC(C)(C)OC1C=CCCC1. The first-order valence-corrected chi connectivity index (χ1v) is 4.42. The summed E-state index contributed by atoms with van der Waals surface area (Å²) in [6, 6.07) is 0. The monoisotopic (exact) mass is 154 g/mol. The van der Waals surface area contributed by atoms with Gasteiger partial charge in [-0.3, -0.25) is 0 Å². The van der Waals surface area contributed by atoms with E-state index in [4.69, 9.17) is 4.74 Å². The van der Waals surface area contributed by atoms with Crippen LogP contribution in [-0.2, 0) is 4.74 Å². The quantitative estimate of drug-likeness (QED) is 0.528. The molecule has 1 atom stereocenters. The standard InChI is InChI=1S/C10H18O/c1-10(2,3)11-9-7-5-4-6-8-9/h5,7,9H,4,6,8H2,1-3H3. The molecule has 0 heterocycles. The minimum atomic E-state index is 0.00630. The van der Waals surface area contributed by atoms with Crippen molar-refractivity contribution in [3.05, 3.63) is 12.2 Å². The van der Waals surface area contributed by atoms with Gasteiger partial charge in [0, 0.05) is 0 Å². The first kappa shape index (κ1) is 8.79. The van der Waals surface area contributed by atoms with E-state index < -0.39 is 0 Å². The molecule has 0 aromatic heterocycles. The zero-order chi connectivity index (χ0) is 8.32. The van der Waals surface area contributed by atoms with Gasteiger partial charge in [-0.2, -0.15) is 0 Å². The van der Waals surface area contributed by atoms with Crippen LogP contribution in [0.5, 0.6) is 0 Å². The molecule has 1 nitrogen and oxygen atoms in total. The van der Waals surface area contributed by atoms with E-state index in [1.807, 2.05) is 0 Å². The molecule has 1 aliphatic carbocycles. The van der Waals surface area contributed by atoms with Crippen molar-refractivity contribution in [1.82, 2.24) is 0 Å². The Labute approximate surface area is 69.4 Å². The first-order valence-electron chi connectivity index (χ1n) is 4.42. The van der Waals surface area contributed by atoms with E-state index in [1.54, 1.807) is 0 Å². The van der Waals surface area contributed by atoms with Crippen LogP contribution >= 0.6 is 0 Å². The normalized spacial score (nSPS) is 25.5. The Morgan fingerprint density at radius 3 is 2.55 bits per heavy atom. The number of allylic oxidation sites excluding steroid dienone is 1. The van der Waals surface area contributed by atoms with Crippen molar-refractivity contribution in [3.63, 3.8) is 0 Å². The van der Waals surface area contributed by atoms with Crippen LogP contribution in [0.25, 0.3) is 0 Å². The second-order valence-corrected chi connectivity index (χ2v) is 4.13. The molecule has 1 heteroatoms. The fourth-order valence-corrected chi connectivity index (χ4v) is 1.33. The van der Waals surface area contributed by atoms with Gasteiger partial charge in [-0.25, -0.2) is 0 Å². The molecule has 0 aromatic rings. The van der Waals surface area contributed by atoms with Gasteiger partial charge in [-0.1, -0.05) is 12.2 Å². The summed E-state index contributed by atoms with van der Waals surface area (Å²) in [4.78, 5) is 0. The number of hydrogen-bond donors (Lipinski definition) is 0. The van der Waals surface area contributed by atoms with E-state index in [-0.39, 0.29) is 5.60 Å². The van der Waals surface area contributed by atoms with Crippen LogP contribution in [0.3, 0.4) is 0 Å². The van der Waals surface area contributed by atoms with E-state index in [1.165, 1.54) is 19.3 Å². The molecule has 0 spiro atoms. The summed E-state index contributed by atoms with van der Waals surface area (Å²) in [6.07, 6.45) is 8.47. The highest BCUT2D eigenvalue weighted by Gasteiger charge is 2.17. The fourth-order valence-electron chi connectivity index (χ4n) is 1.33. The Balaban J connectivity index is 2.36. The van der Waals surface area contributed by atoms with Gasteiger partial charge < -0.3 is 4.74 Å². The van der Waals surface area contributed by atoms with E-state index in [0.29, 0.717) is 6.10 Å². The molecular formula is C10H18O. The van der Waals surface area contributed by atoms with Gasteiger partial charge in [0.2, 0.25) is 0 Å². The third-order valence-electron chi connectivity index (χ3n) is 1.72. The lowest BCUT2D eigenvalue weighted by molar-refractivity contribution is -0.0430. The van der Waals surface area contributed by atoms with Gasteiger partial charge in [-0.05, 0) is 40.0 Å². The predicted molar refractivity (Wildman–Crippen MR) is 47.6 cm³/mol. The van der Waals surface area contributed by atoms with E-state index >= 15 is 0 Å². The third-order valence-corrected chi connectivity index (χ3v) is 1.72. The first-order chi connectivity index (χ1) is 5.08. The van der Waals surface area contributed by atoms with Crippen molar-refractivity contribution < 1.29 is 4.74 Å². The molecule has 64 valence electrons. The van der Waals surface area contributed by atoms with Crippen molar-refractivity contribution in [3.8, 4) is 0 Å². The number of hydrogen-bond acceptors (Lipinski definition) is 1. The van der Waals surface area contributed by atoms with Crippen LogP contribution in [-0.4, -0.2) is 11.7 Å². The van der Waals surface area contributed by atoms with Gasteiger partial charge in [0.15, 0.2) is 0 Å². The predicted octanol–water partition coefficient (Wildman–Crippen LogP) is 2.91. The maximum absolute atomic E-state index is 5.79. The lowest BCUT2D eigenvalue weighted by Gasteiger charge is -2.27. The molecular weight excluding hydrogens is 136 g/mol. The number of ether oxygens (including phenoxy) is 1. The lowest BCUT2D eigenvalue weighted by Crippen LogP contribution is -2.26. The number of rotatable bonds is 1. The van der Waals surface area contributed by atoms with Crippen LogP contribution < -0.4 is 0 Å². The molecule has 1 aliphatic rings. The molecule has 0 bridgehead atoms. The van der Waals surface area contributed by atoms with Gasteiger partial charge in [-0.15, -0.1) is 0 Å². The average Bonchev–Trinajstić information content (AvgIpc) is 1.85. The molecule has 0 aromatic carbocycles. The van der Waals surface area contributed by atoms with Gasteiger partial charge >= 0.3 is 0 Å². The summed E-state index contributed by atoms with van der Waals surface area (Å²) in [5.74, 6) is 0. The highest BCUT2D eigenvalue weighted by atomic mass is 16.5. The summed E-state index contributed by atoms with van der Waals surface area (Å²) >= 11 is 0. The molecule has 11 heavy (non-hydrogen) atoms. The van der Waals surface area contributed by atoms with Crippen LogP contribution in [0.1, 0.15) is 40.0 Å². The summed E-state index contributed by atoms with van der Waals surface area (Å²) in [6.45, 7) is 6.32. The van der Waals surface area contributed by atoms with Crippen molar-refractivity contribution in [2.24, 2.45) is 0 Å². The van der Waals surface area contributed by atoms with Gasteiger partial charge in [0.1, 0.15) is 0 Å². The topological polar surface area (TPSA) is 9.23 Å². The van der Waals surface area contributed by atoms with Crippen LogP contribution in [0.2, 0.25) is 0 Å². The molecule has 1 rings (SSSR count). The zero-order valence-corrected chi connectivity index (χ0v) is 7.76. The molecule has 0 radical (unpaired) electrons. The highest BCUT2D eigenvalue weighted by molar-refractivity contribution is 4.94. The Kier molecular flexibility index (Phi) is 2.72. The van der Waals surface area contributed by atoms with Gasteiger partial charge in [0.05, 0.1) is 11.7 Å². The van der Waals surface area contributed by atoms with Crippen LogP contribution in [0.4, 0.5) is 0 Å². The van der Waals surface area contributed by atoms with Crippen molar-refractivity contribution in [2.75, 3.05) is 0 Å². The molecule has 0 saturated carbocycles. The van der Waals surface area contributed by atoms with Crippen molar-refractivity contribution >= 4 is 0 Å². The minimum Gasteiger partial charge on any atom is -0.369 e. The smallest absolute Gasteiger partial charge is 0.0763 e. The molecule has 0 amide bonds. The highest BCUT2D eigenvalue weighted by Crippen LogP contribution is 2.19. The van der Waals surface area contributed by atoms with Crippen LogP contribution in [0, 0.1) is 0 Å². The average molecular weight is 154 g/mol. The van der Waals surface area contributed by atoms with E-state index in [2.05, 4.69) is 32.9 Å². The molecule has 1 unspecified atom stereocenters. The fraction of sp³-hybridized carbons (Fsp3) is 0.800. The molecule has 0 aliphatic heterocycles.